The maximum Gasteiger partial charge on any atom is 0.224 e. The number of hydrogen-bond acceptors (Lipinski definition) is 4. The molecule has 0 aliphatic rings. The predicted octanol–water partition coefficient (Wildman–Crippen LogP) is 2.64. The third-order valence-electron chi connectivity index (χ3n) is 2.39. The highest BCUT2D eigenvalue weighted by Crippen LogP contribution is 2.11. The minimum Gasteiger partial charge on any atom is -0.467 e. The van der Waals surface area contributed by atoms with Gasteiger partial charge in [-0.2, -0.15) is 0 Å². The largest absolute Gasteiger partial charge is 0.467 e. The molecule has 0 radical (unpaired) electrons. The summed E-state index contributed by atoms with van der Waals surface area (Å²) in [5.41, 5.74) is 0.699. The van der Waals surface area contributed by atoms with Crippen molar-refractivity contribution in [2.45, 2.75) is 19.9 Å². The van der Waals surface area contributed by atoms with Gasteiger partial charge in [0.25, 0.3) is 0 Å². The van der Waals surface area contributed by atoms with E-state index in [1.165, 1.54) is 0 Å². The zero-order valence-electron chi connectivity index (χ0n) is 10.1. The lowest BCUT2D eigenvalue weighted by Gasteiger charge is -2.06. The van der Waals surface area contributed by atoms with E-state index in [4.69, 9.17) is 4.42 Å². The number of carbonyl (C=O) groups is 1. The van der Waals surface area contributed by atoms with Crippen molar-refractivity contribution < 1.29 is 9.21 Å². The minimum atomic E-state index is -0.0203. The Bertz CT molecular complexity index is 491. The molecule has 0 unspecified atom stereocenters. The Balaban J connectivity index is 1.89. The molecule has 18 heavy (non-hydrogen) atoms. The number of rotatable bonds is 5. The number of aromatic nitrogens is 1. The third kappa shape index (κ3) is 3.35. The van der Waals surface area contributed by atoms with E-state index in [-0.39, 0.29) is 5.91 Å². The maximum absolute atomic E-state index is 11.2. The van der Waals surface area contributed by atoms with Crippen LogP contribution >= 0.6 is 0 Å². The number of carbonyl (C=O) groups excluding carboxylic acids is 1. The van der Waals surface area contributed by atoms with E-state index in [2.05, 4.69) is 15.6 Å². The predicted molar refractivity (Wildman–Crippen MR) is 69.2 cm³/mol. The van der Waals surface area contributed by atoms with Gasteiger partial charge >= 0.3 is 0 Å². The van der Waals surface area contributed by atoms with Crippen LogP contribution in [-0.4, -0.2) is 10.9 Å². The van der Waals surface area contributed by atoms with Gasteiger partial charge in [0, 0.05) is 6.42 Å². The number of hydrogen-bond donors (Lipinski definition) is 2. The summed E-state index contributed by atoms with van der Waals surface area (Å²) in [6, 6.07) is 7.36. The van der Waals surface area contributed by atoms with Crippen molar-refractivity contribution >= 4 is 17.4 Å². The van der Waals surface area contributed by atoms with Crippen LogP contribution in [0.4, 0.5) is 11.5 Å². The molecule has 0 aliphatic heterocycles. The number of nitrogens with zero attached hydrogens (tertiary/aromatic N) is 1. The molecule has 0 aromatic carbocycles. The minimum absolute atomic E-state index is 0.0203. The number of nitrogens with one attached hydrogen (secondary N) is 2. The second-order valence-corrected chi connectivity index (χ2v) is 3.77. The Morgan fingerprint density at radius 1 is 1.39 bits per heavy atom. The van der Waals surface area contributed by atoms with Crippen LogP contribution in [0, 0.1) is 0 Å². The van der Waals surface area contributed by atoms with Gasteiger partial charge in [-0.3, -0.25) is 4.79 Å². The molecule has 0 saturated heterocycles. The smallest absolute Gasteiger partial charge is 0.224 e. The van der Waals surface area contributed by atoms with Gasteiger partial charge < -0.3 is 15.1 Å². The van der Waals surface area contributed by atoms with E-state index in [0.717, 1.165) is 11.6 Å². The summed E-state index contributed by atoms with van der Waals surface area (Å²) in [6.45, 7) is 2.39. The Morgan fingerprint density at radius 3 is 2.89 bits per heavy atom. The molecule has 2 rings (SSSR count). The molecule has 1 amide bonds. The molecule has 2 N–H and O–H groups in total. The number of furan rings is 1. The molecule has 2 aromatic heterocycles. The van der Waals surface area contributed by atoms with Gasteiger partial charge in [-0.25, -0.2) is 4.98 Å². The molecule has 5 nitrogen and oxygen atoms in total. The molecular weight excluding hydrogens is 230 g/mol. The Labute approximate surface area is 105 Å². The van der Waals surface area contributed by atoms with E-state index in [9.17, 15) is 4.79 Å². The first-order valence-corrected chi connectivity index (χ1v) is 5.80. The molecule has 0 bridgehead atoms. The molecule has 2 heterocycles. The highest BCUT2D eigenvalue weighted by atomic mass is 16.3. The first kappa shape index (κ1) is 12.2. The van der Waals surface area contributed by atoms with E-state index in [0.29, 0.717) is 18.7 Å². The number of amides is 1. The van der Waals surface area contributed by atoms with Crippen LogP contribution in [0.25, 0.3) is 0 Å². The summed E-state index contributed by atoms with van der Waals surface area (Å²) in [7, 11) is 0. The SMILES string of the molecule is CCC(=O)Nc1ccc(NCc2ccco2)nc1. The summed E-state index contributed by atoms with van der Waals surface area (Å²) in [5, 5.41) is 5.86. The van der Waals surface area contributed by atoms with E-state index in [1.54, 1.807) is 12.5 Å². The van der Waals surface area contributed by atoms with Crippen molar-refractivity contribution in [3.05, 3.63) is 42.5 Å². The van der Waals surface area contributed by atoms with Gasteiger partial charge in [0.1, 0.15) is 11.6 Å². The molecule has 0 aliphatic carbocycles. The van der Waals surface area contributed by atoms with Crippen LogP contribution < -0.4 is 10.6 Å². The summed E-state index contributed by atoms with van der Waals surface area (Å²) < 4.78 is 5.20. The number of pyridine rings is 1. The average Bonchev–Trinajstić information content (AvgIpc) is 2.91. The van der Waals surface area contributed by atoms with Crippen LogP contribution in [-0.2, 0) is 11.3 Å². The topological polar surface area (TPSA) is 67.2 Å². The van der Waals surface area contributed by atoms with Gasteiger partial charge in [-0.1, -0.05) is 6.92 Å². The van der Waals surface area contributed by atoms with Crippen LogP contribution in [0.1, 0.15) is 19.1 Å². The van der Waals surface area contributed by atoms with Crippen molar-refractivity contribution in [3.8, 4) is 0 Å². The standard InChI is InChI=1S/C13H15N3O2/c1-2-13(17)16-10-5-6-12(14-8-10)15-9-11-4-3-7-18-11/h3-8H,2,9H2,1H3,(H,14,15)(H,16,17). The van der Waals surface area contributed by atoms with Crippen molar-refractivity contribution in [1.82, 2.24) is 4.98 Å². The van der Waals surface area contributed by atoms with Gasteiger partial charge in [0.15, 0.2) is 0 Å². The van der Waals surface area contributed by atoms with Crippen LogP contribution in [0.15, 0.2) is 41.1 Å². The summed E-state index contributed by atoms with van der Waals surface area (Å²) in [4.78, 5) is 15.4. The quantitative estimate of drug-likeness (QED) is 0.849. The lowest BCUT2D eigenvalue weighted by Crippen LogP contribution is -2.09. The summed E-state index contributed by atoms with van der Waals surface area (Å²) in [6.07, 6.45) is 3.71. The Kier molecular flexibility index (Phi) is 3.96. The lowest BCUT2D eigenvalue weighted by molar-refractivity contribution is -0.115. The van der Waals surface area contributed by atoms with Gasteiger partial charge in [-0.05, 0) is 24.3 Å². The summed E-state index contributed by atoms with van der Waals surface area (Å²) in [5.74, 6) is 1.56. The van der Waals surface area contributed by atoms with Crippen molar-refractivity contribution in [1.29, 1.82) is 0 Å². The van der Waals surface area contributed by atoms with E-state index < -0.39 is 0 Å². The fourth-order valence-electron chi connectivity index (χ4n) is 1.41. The van der Waals surface area contributed by atoms with Gasteiger partial charge in [-0.15, -0.1) is 0 Å². The second kappa shape index (κ2) is 5.86. The molecule has 94 valence electrons. The highest BCUT2D eigenvalue weighted by Gasteiger charge is 2.00. The van der Waals surface area contributed by atoms with E-state index in [1.807, 2.05) is 31.2 Å². The van der Waals surface area contributed by atoms with Crippen molar-refractivity contribution in [2.75, 3.05) is 10.6 Å². The molecule has 0 saturated carbocycles. The van der Waals surface area contributed by atoms with E-state index >= 15 is 0 Å². The molecular formula is C13H15N3O2. The zero-order chi connectivity index (χ0) is 12.8. The van der Waals surface area contributed by atoms with Crippen LogP contribution in [0.2, 0.25) is 0 Å². The fraction of sp³-hybridized carbons (Fsp3) is 0.231. The average molecular weight is 245 g/mol. The van der Waals surface area contributed by atoms with Crippen molar-refractivity contribution in [3.63, 3.8) is 0 Å². The monoisotopic (exact) mass is 245 g/mol. The van der Waals surface area contributed by atoms with Crippen LogP contribution in [0.3, 0.4) is 0 Å². The normalized spacial score (nSPS) is 10.1. The maximum atomic E-state index is 11.2. The first-order valence-electron chi connectivity index (χ1n) is 5.80. The zero-order valence-corrected chi connectivity index (χ0v) is 10.1. The highest BCUT2D eigenvalue weighted by molar-refractivity contribution is 5.90. The first-order chi connectivity index (χ1) is 8.78. The Morgan fingerprint density at radius 2 is 2.28 bits per heavy atom. The fourth-order valence-corrected chi connectivity index (χ4v) is 1.41. The van der Waals surface area contributed by atoms with Crippen molar-refractivity contribution in [2.24, 2.45) is 0 Å². The lowest BCUT2D eigenvalue weighted by atomic mass is 10.3. The second-order valence-electron chi connectivity index (χ2n) is 3.77. The van der Waals surface area contributed by atoms with Gasteiger partial charge in [0.2, 0.25) is 5.91 Å². The summed E-state index contributed by atoms with van der Waals surface area (Å²) >= 11 is 0. The Hall–Kier alpha value is -2.30. The van der Waals surface area contributed by atoms with Gasteiger partial charge in [0.05, 0.1) is 24.7 Å². The number of anilines is 2. The molecule has 0 atom stereocenters. The molecule has 0 spiro atoms. The van der Waals surface area contributed by atoms with Crippen LogP contribution in [0.5, 0.6) is 0 Å². The molecule has 0 fully saturated rings. The molecule has 2 aromatic rings. The third-order valence-corrected chi connectivity index (χ3v) is 2.39. The molecule has 5 heteroatoms.